The van der Waals surface area contributed by atoms with Crippen LogP contribution in [0.15, 0.2) is 30.3 Å². The largest absolute Gasteiger partial charge is 0.444 e. The zero-order valence-electron chi connectivity index (χ0n) is 14.5. The highest BCUT2D eigenvalue weighted by Crippen LogP contribution is 2.31. The number of hydrogen-bond donors (Lipinski definition) is 0. The minimum atomic E-state index is -0.788. The Morgan fingerprint density at radius 1 is 1.26 bits per heavy atom. The molecule has 0 spiro atoms. The van der Waals surface area contributed by atoms with Crippen LogP contribution < -0.4 is 0 Å². The van der Waals surface area contributed by atoms with E-state index in [1.54, 1.807) is 17.0 Å². The predicted molar refractivity (Wildman–Crippen MR) is 87.3 cm³/mol. The third kappa shape index (κ3) is 4.32. The van der Waals surface area contributed by atoms with Crippen LogP contribution in [0.4, 0.5) is 4.79 Å². The third-order valence-corrected chi connectivity index (χ3v) is 3.68. The van der Waals surface area contributed by atoms with Gasteiger partial charge in [0.15, 0.2) is 5.78 Å². The molecule has 1 fully saturated rings. The molecule has 0 aromatic heterocycles. The van der Waals surface area contributed by atoms with Crippen LogP contribution in [0.1, 0.15) is 51.4 Å². The molecule has 0 saturated carbocycles. The van der Waals surface area contributed by atoms with E-state index in [-0.39, 0.29) is 18.2 Å². The number of amides is 1. The topological polar surface area (TPSA) is 55.8 Å². The molecule has 1 aliphatic heterocycles. The van der Waals surface area contributed by atoms with Gasteiger partial charge in [0.05, 0.1) is 12.6 Å². The summed E-state index contributed by atoms with van der Waals surface area (Å²) in [5, 5.41) is 0. The molecule has 0 N–H and O–H groups in total. The number of benzene rings is 1. The van der Waals surface area contributed by atoms with E-state index in [1.807, 2.05) is 52.8 Å². The van der Waals surface area contributed by atoms with Crippen LogP contribution in [0.3, 0.4) is 0 Å². The van der Waals surface area contributed by atoms with E-state index in [9.17, 15) is 9.59 Å². The summed E-state index contributed by atoms with van der Waals surface area (Å²) < 4.78 is 11.2. The second-order valence-electron chi connectivity index (χ2n) is 7.26. The zero-order valence-corrected chi connectivity index (χ0v) is 14.5. The first-order valence-corrected chi connectivity index (χ1v) is 7.85. The lowest BCUT2D eigenvalue weighted by Gasteiger charge is -2.35. The molecule has 126 valence electrons. The smallest absolute Gasteiger partial charge is 0.412 e. The number of ether oxygens (including phenoxy) is 2. The number of ketones is 1. The van der Waals surface area contributed by atoms with Crippen molar-refractivity contribution in [1.82, 2.24) is 4.90 Å². The molecule has 1 heterocycles. The van der Waals surface area contributed by atoms with Crippen molar-refractivity contribution in [2.45, 2.75) is 58.4 Å². The standard InChI is InChI=1S/C18H25NO4/c1-17(2,3)23-16(21)19-14(12-22-18(19,4)5)11-15(20)13-9-7-6-8-10-13/h6-10,14H,11-12H2,1-5H3/t14-/m1/s1. The molecule has 2 rings (SSSR count). The molecule has 0 unspecified atom stereocenters. The Balaban J connectivity index is 2.14. The van der Waals surface area contributed by atoms with Gasteiger partial charge in [0.2, 0.25) is 0 Å². The van der Waals surface area contributed by atoms with Crippen LogP contribution in [0, 0.1) is 0 Å². The first-order valence-electron chi connectivity index (χ1n) is 7.85. The van der Waals surface area contributed by atoms with Crippen LogP contribution in [-0.2, 0) is 9.47 Å². The van der Waals surface area contributed by atoms with Crippen molar-refractivity contribution in [2.75, 3.05) is 6.61 Å². The monoisotopic (exact) mass is 319 g/mol. The normalized spacial score (nSPS) is 20.4. The minimum absolute atomic E-state index is 0.00883. The summed E-state index contributed by atoms with van der Waals surface area (Å²) in [4.78, 5) is 26.5. The minimum Gasteiger partial charge on any atom is -0.444 e. The van der Waals surface area contributed by atoms with Crippen molar-refractivity contribution in [3.8, 4) is 0 Å². The van der Waals surface area contributed by atoms with Crippen LogP contribution >= 0.6 is 0 Å². The lowest BCUT2D eigenvalue weighted by molar-refractivity contribution is -0.0623. The fourth-order valence-corrected chi connectivity index (χ4v) is 2.67. The lowest BCUT2D eigenvalue weighted by Crippen LogP contribution is -2.50. The van der Waals surface area contributed by atoms with Gasteiger partial charge in [0, 0.05) is 12.0 Å². The molecular weight excluding hydrogens is 294 g/mol. The molecule has 1 amide bonds. The van der Waals surface area contributed by atoms with Crippen molar-refractivity contribution in [1.29, 1.82) is 0 Å². The molecule has 1 aromatic carbocycles. The quantitative estimate of drug-likeness (QED) is 0.798. The van der Waals surface area contributed by atoms with Gasteiger partial charge >= 0.3 is 6.09 Å². The Morgan fingerprint density at radius 3 is 2.43 bits per heavy atom. The SMILES string of the molecule is CC(C)(C)OC(=O)N1[C@H](CC(=O)c2ccccc2)COC1(C)C. The van der Waals surface area contributed by atoms with E-state index in [0.29, 0.717) is 12.2 Å². The Kier molecular flexibility index (Phi) is 4.80. The first kappa shape index (κ1) is 17.5. The number of carbonyl (C=O) groups is 2. The van der Waals surface area contributed by atoms with E-state index in [2.05, 4.69) is 0 Å². The third-order valence-electron chi connectivity index (χ3n) is 3.68. The number of nitrogens with zero attached hydrogens (tertiary/aromatic N) is 1. The summed E-state index contributed by atoms with van der Waals surface area (Å²) in [6, 6.07) is 8.75. The number of Topliss-reactive ketones (excluding diaryl/α,β-unsaturated/α-hetero) is 1. The van der Waals surface area contributed by atoms with Crippen LogP contribution in [0.5, 0.6) is 0 Å². The molecule has 5 nitrogen and oxygen atoms in total. The molecule has 23 heavy (non-hydrogen) atoms. The fraction of sp³-hybridized carbons (Fsp3) is 0.556. The second kappa shape index (κ2) is 6.32. The maximum atomic E-state index is 12.5. The number of hydrogen-bond acceptors (Lipinski definition) is 4. The summed E-state index contributed by atoms with van der Waals surface area (Å²) in [5.74, 6) is -0.00883. The highest BCUT2D eigenvalue weighted by molar-refractivity contribution is 5.96. The van der Waals surface area contributed by atoms with Crippen molar-refractivity contribution in [3.63, 3.8) is 0 Å². The van der Waals surface area contributed by atoms with Crippen molar-refractivity contribution >= 4 is 11.9 Å². The average molecular weight is 319 g/mol. The second-order valence-corrected chi connectivity index (χ2v) is 7.26. The fourth-order valence-electron chi connectivity index (χ4n) is 2.67. The summed E-state index contributed by atoms with van der Waals surface area (Å²) >= 11 is 0. The lowest BCUT2D eigenvalue weighted by atomic mass is 10.0. The molecular formula is C18H25NO4. The molecule has 1 atom stereocenters. The van der Waals surface area contributed by atoms with Gasteiger partial charge in [-0.2, -0.15) is 0 Å². The van der Waals surface area contributed by atoms with Crippen LogP contribution in [0.2, 0.25) is 0 Å². The van der Waals surface area contributed by atoms with Gasteiger partial charge in [-0.3, -0.25) is 9.69 Å². The summed E-state index contributed by atoms with van der Waals surface area (Å²) in [6.07, 6.45) is -0.238. The van der Waals surface area contributed by atoms with Crippen molar-refractivity contribution < 1.29 is 19.1 Å². The Morgan fingerprint density at radius 2 is 1.87 bits per heavy atom. The van der Waals surface area contributed by atoms with E-state index >= 15 is 0 Å². The Bertz CT molecular complexity index is 574. The average Bonchev–Trinajstić information content (AvgIpc) is 2.72. The van der Waals surface area contributed by atoms with Gasteiger partial charge in [-0.25, -0.2) is 4.79 Å². The van der Waals surface area contributed by atoms with E-state index < -0.39 is 17.4 Å². The van der Waals surface area contributed by atoms with Gasteiger partial charge in [0.25, 0.3) is 0 Å². The maximum absolute atomic E-state index is 12.5. The highest BCUT2D eigenvalue weighted by Gasteiger charge is 2.46. The number of carbonyl (C=O) groups excluding carboxylic acids is 2. The molecule has 1 aliphatic rings. The number of rotatable bonds is 3. The van der Waals surface area contributed by atoms with Gasteiger partial charge in [-0.15, -0.1) is 0 Å². The van der Waals surface area contributed by atoms with E-state index in [4.69, 9.17) is 9.47 Å². The zero-order chi connectivity index (χ0) is 17.3. The molecule has 1 aromatic rings. The Hall–Kier alpha value is -1.88. The summed E-state index contributed by atoms with van der Waals surface area (Å²) in [5.41, 5.74) is -0.741. The molecule has 0 bridgehead atoms. The highest BCUT2D eigenvalue weighted by atomic mass is 16.6. The Labute approximate surface area is 137 Å². The van der Waals surface area contributed by atoms with Crippen LogP contribution in [0.25, 0.3) is 0 Å². The van der Waals surface area contributed by atoms with Gasteiger partial charge in [-0.1, -0.05) is 30.3 Å². The summed E-state index contributed by atoms with van der Waals surface area (Å²) in [7, 11) is 0. The van der Waals surface area contributed by atoms with E-state index in [1.165, 1.54) is 0 Å². The van der Waals surface area contributed by atoms with Gasteiger partial charge in [-0.05, 0) is 34.6 Å². The molecule has 0 radical (unpaired) electrons. The van der Waals surface area contributed by atoms with Crippen molar-refractivity contribution in [3.05, 3.63) is 35.9 Å². The predicted octanol–water partition coefficient (Wildman–Crippen LogP) is 3.63. The van der Waals surface area contributed by atoms with Crippen LogP contribution in [-0.4, -0.2) is 40.8 Å². The molecule has 1 saturated heterocycles. The first-order chi connectivity index (χ1) is 10.6. The maximum Gasteiger partial charge on any atom is 0.412 e. The van der Waals surface area contributed by atoms with Gasteiger partial charge < -0.3 is 9.47 Å². The molecule has 0 aliphatic carbocycles. The van der Waals surface area contributed by atoms with E-state index in [0.717, 1.165) is 0 Å². The molecule has 5 heteroatoms. The summed E-state index contributed by atoms with van der Waals surface area (Å²) in [6.45, 7) is 9.40. The van der Waals surface area contributed by atoms with Gasteiger partial charge in [0.1, 0.15) is 11.3 Å². The van der Waals surface area contributed by atoms with Crippen molar-refractivity contribution in [2.24, 2.45) is 0 Å².